The largest absolute Gasteiger partial charge is 0.383 e. The van der Waals surface area contributed by atoms with Crippen LogP contribution < -0.4 is 5.73 Å². The Morgan fingerprint density at radius 1 is 1.24 bits per heavy atom. The van der Waals surface area contributed by atoms with E-state index in [1.165, 1.54) is 36.8 Å². The molecule has 3 rings (SSSR count). The van der Waals surface area contributed by atoms with E-state index in [1.54, 1.807) is 0 Å². The zero-order valence-corrected chi connectivity index (χ0v) is 13.9. The van der Waals surface area contributed by atoms with Crippen LogP contribution in [0.5, 0.6) is 0 Å². The standard InChI is InChI=1S/C17H20BrN3/c1-11-5-4-6-12(9-11)10-14-20-16(13-7-2-3-8-13)15(18)17(19)21-14/h4-6,9,13H,2-3,7-8,10H2,1H3,(H2,19,20,21). The molecule has 0 amide bonds. The van der Waals surface area contributed by atoms with Crippen LogP contribution in [0.15, 0.2) is 28.7 Å². The van der Waals surface area contributed by atoms with E-state index in [-0.39, 0.29) is 0 Å². The van der Waals surface area contributed by atoms with Crippen molar-refractivity contribution in [3.8, 4) is 0 Å². The summed E-state index contributed by atoms with van der Waals surface area (Å²) >= 11 is 3.57. The Morgan fingerprint density at radius 2 is 2.00 bits per heavy atom. The van der Waals surface area contributed by atoms with Gasteiger partial charge < -0.3 is 5.73 Å². The van der Waals surface area contributed by atoms with Crippen LogP contribution in [0.3, 0.4) is 0 Å². The molecular weight excluding hydrogens is 326 g/mol. The van der Waals surface area contributed by atoms with Gasteiger partial charge in [-0.05, 0) is 41.3 Å². The number of benzene rings is 1. The number of nitrogens with zero attached hydrogens (tertiary/aromatic N) is 2. The summed E-state index contributed by atoms with van der Waals surface area (Å²) in [4.78, 5) is 9.25. The van der Waals surface area contributed by atoms with Crippen molar-refractivity contribution >= 4 is 21.7 Å². The van der Waals surface area contributed by atoms with Crippen LogP contribution in [0.1, 0.15) is 54.2 Å². The average Bonchev–Trinajstić information content (AvgIpc) is 2.96. The molecule has 0 radical (unpaired) electrons. The molecule has 1 aliphatic carbocycles. The van der Waals surface area contributed by atoms with Crippen molar-refractivity contribution in [2.45, 2.75) is 44.9 Å². The lowest BCUT2D eigenvalue weighted by Crippen LogP contribution is -2.08. The molecule has 0 spiro atoms. The highest BCUT2D eigenvalue weighted by Crippen LogP contribution is 2.38. The third-order valence-corrected chi connectivity index (χ3v) is 4.95. The van der Waals surface area contributed by atoms with Crippen LogP contribution in [0.25, 0.3) is 0 Å². The summed E-state index contributed by atoms with van der Waals surface area (Å²) in [5, 5.41) is 0. The Bertz CT molecular complexity index is 648. The van der Waals surface area contributed by atoms with Crippen LogP contribution in [-0.2, 0) is 6.42 Å². The number of aryl methyl sites for hydroxylation is 1. The van der Waals surface area contributed by atoms with Gasteiger partial charge in [0, 0.05) is 12.3 Å². The van der Waals surface area contributed by atoms with Crippen molar-refractivity contribution in [1.29, 1.82) is 0 Å². The number of nitrogen functional groups attached to an aromatic ring is 1. The van der Waals surface area contributed by atoms with Crippen molar-refractivity contribution in [1.82, 2.24) is 9.97 Å². The number of rotatable bonds is 3. The maximum atomic E-state index is 6.07. The molecule has 2 N–H and O–H groups in total. The SMILES string of the molecule is Cc1cccc(Cc2nc(N)c(Br)c(C3CCCC3)n2)c1. The summed E-state index contributed by atoms with van der Waals surface area (Å²) in [6, 6.07) is 8.47. The van der Waals surface area contributed by atoms with Gasteiger partial charge in [-0.2, -0.15) is 0 Å². The van der Waals surface area contributed by atoms with Crippen molar-refractivity contribution < 1.29 is 0 Å². The maximum absolute atomic E-state index is 6.07. The minimum Gasteiger partial charge on any atom is -0.383 e. The first-order chi connectivity index (χ1) is 10.1. The molecule has 0 aliphatic heterocycles. The van der Waals surface area contributed by atoms with Gasteiger partial charge in [0.15, 0.2) is 0 Å². The molecule has 0 bridgehead atoms. The fourth-order valence-electron chi connectivity index (χ4n) is 3.09. The lowest BCUT2D eigenvalue weighted by Gasteiger charge is -2.14. The maximum Gasteiger partial charge on any atom is 0.141 e. The second-order valence-corrected chi connectivity index (χ2v) is 6.66. The predicted octanol–water partition coefficient (Wildman–Crippen LogP) is 4.38. The fraction of sp³-hybridized carbons (Fsp3) is 0.412. The van der Waals surface area contributed by atoms with Gasteiger partial charge in [0.25, 0.3) is 0 Å². The van der Waals surface area contributed by atoms with Gasteiger partial charge in [-0.3, -0.25) is 0 Å². The Balaban J connectivity index is 1.92. The number of anilines is 1. The lowest BCUT2D eigenvalue weighted by molar-refractivity contribution is 0.682. The molecule has 4 heteroatoms. The van der Waals surface area contributed by atoms with Crippen molar-refractivity contribution in [2.75, 3.05) is 5.73 Å². The first kappa shape index (κ1) is 14.5. The van der Waals surface area contributed by atoms with Crippen LogP contribution >= 0.6 is 15.9 Å². The molecule has 110 valence electrons. The van der Waals surface area contributed by atoms with E-state index in [4.69, 9.17) is 10.7 Å². The molecule has 1 aromatic carbocycles. The normalized spacial score (nSPS) is 15.5. The molecule has 1 fully saturated rings. The van der Waals surface area contributed by atoms with Crippen molar-refractivity contribution in [3.63, 3.8) is 0 Å². The monoisotopic (exact) mass is 345 g/mol. The first-order valence-electron chi connectivity index (χ1n) is 7.51. The van der Waals surface area contributed by atoms with Gasteiger partial charge in [0.05, 0.1) is 10.2 Å². The average molecular weight is 346 g/mol. The molecule has 3 nitrogen and oxygen atoms in total. The van der Waals surface area contributed by atoms with E-state index in [2.05, 4.69) is 52.1 Å². The molecule has 0 unspecified atom stereocenters. The first-order valence-corrected chi connectivity index (χ1v) is 8.30. The summed E-state index contributed by atoms with van der Waals surface area (Å²) in [6.45, 7) is 2.10. The number of hydrogen-bond acceptors (Lipinski definition) is 3. The Kier molecular flexibility index (Phi) is 4.24. The summed E-state index contributed by atoms with van der Waals surface area (Å²) in [5.74, 6) is 1.92. The molecule has 1 saturated carbocycles. The van der Waals surface area contributed by atoms with Crippen LogP contribution in [0.2, 0.25) is 0 Å². The van der Waals surface area contributed by atoms with E-state index in [0.717, 1.165) is 22.4 Å². The highest BCUT2D eigenvalue weighted by atomic mass is 79.9. The van der Waals surface area contributed by atoms with Gasteiger partial charge in [-0.15, -0.1) is 0 Å². The molecule has 2 aromatic rings. The van der Waals surface area contributed by atoms with Gasteiger partial charge >= 0.3 is 0 Å². The van der Waals surface area contributed by atoms with Gasteiger partial charge in [0.2, 0.25) is 0 Å². The molecule has 0 atom stereocenters. The third-order valence-electron chi connectivity index (χ3n) is 4.14. The van der Waals surface area contributed by atoms with Crippen LogP contribution in [0.4, 0.5) is 5.82 Å². The highest BCUT2D eigenvalue weighted by Gasteiger charge is 2.23. The lowest BCUT2D eigenvalue weighted by atomic mass is 10.0. The summed E-state index contributed by atoms with van der Waals surface area (Å²) in [7, 11) is 0. The Morgan fingerprint density at radius 3 is 2.71 bits per heavy atom. The van der Waals surface area contributed by atoms with E-state index >= 15 is 0 Å². The fourth-order valence-corrected chi connectivity index (χ4v) is 3.59. The zero-order valence-electron chi connectivity index (χ0n) is 12.3. The molecule has 1 aliphatic rings. The van der Waals surface area contributed by atoms with E-state index in [1.807, 2.05) is 0 Å². The molecular formula is C17H20BrN3. The molecule has 0 saturated heterocycles. The van der Waals surface area contributed by atoms with Crippen LogP contribution in [0, 0.1) is 6.92 Å². The van der Waals surface area contributed by atoms with Crippen molar-refractivity contribution in [2.24, 2.45) is 0 Å². The topological polar surface area (TPSA) is 51.8 Å². The highest BCUT2D eigenvalue weighted by molar-refractivity contribution is 9.10. The summed E-state index contributed by atoms with van der Waals surface area (Å²) in [5.41, 5.74) is 9.66. The van der Waals surface area contributed by atoms with E-state index < -0.39 is 0 Å². The van der Waals surface area contributed by atoms with E-state index in [9.17, 15) is 0 Å². The minimum absolute atomic E-state index is 0.529. The Labute approximate surface area is 134 Å². The second kappa shape index (κ2) is 6.14. The summed E-state index contributed by atoms with van der Waals surface area (Å²) in [6.07, 6.45) is 5.72. The van der Waals surface area contributed by atoms with Gasteiger partial charge in [-0.1, -0.05) is 42.7 Å². The van der Waals surface area contributed by atoms with Crippen molar-refractivity contribution in [3.05, 3.63) is 51.4 Å². The Hall–Kier alpha value is -1.42. The quantitative estimate of drug-likeness (QED) is 0.897. The number of halogens is 1. The predicted molar refractivity (Wildman–Crippen MR) is 89.3 cm³/mol. The van der Waals surface area contributed by atoms with Gasteiger partial charge in [-0.25, -0.2) is 9.97 Å². The van der Waals surface area contributed by atoms with Gasteiger partial charge in [0.1, 0.15) is 11.6 Å². The minimum atomic E-state index is 0.529. The smallest absolute Gasteiger partial charge is 0.141 e. The van der Waals surface area contributed by atoms with E-state index in [0.29, 0.717) is 11.7 Å². The second-order valence-electron chi connectivity index (χ2n) is 5.87. The molecule has 1 aromatic heterocycles. The molecule has 1 heterocycles. The zero-order chi connectivity index (χ0) is 14.8. The third kappa shape index (κ3) is 3.26. The number of hydrogen-bond donors (Lipinski definition) is 1. The van der Waals surface area contributed by atoms with Crippen LogP contribution in [-0.4, -0.2) is 9.97 Å². The summed E-state index contributed by atoms with van der Waals surface area (Å²) < 4.78 is 0.891. The number of nitrogens with two attached hydrogens (primary N) is 1. The molecule has 21 heavy (non-hydrogen) atoms. The number of aromatic nitrogens is 2.